The average molecular weight is 535 g/mol. The number of aliphatic imine (C=N–C) groups is 1. The Bertz CT molecular complexity index is 1510. The number of hydrogen-bond donors (Lipinski definition) is 1. The third kappa shape index (κ3) is 3.77. The molecule has 3 aromatic rings. The molecule has 3 aliphatic rings. The van der Waals surface area contributed by atoms with Crippen LogP contribution in [0.5, 0.6) is 11.5 Å². The summed E-state index contributed by atoms with van der Waals surface area (Å²) in [6.07, 6.45) is -0.195. The van der Waals surface area contributed by atoms with Gasteiger partial charge in [0.05, 0.1) is 30.5 Å². The number of nitrogens with one attached hydrogen (secondary N) is 1. The lowest BCUT2D eigenvalue weighted by atomic mass is 9.93. The van der Waals surface area contributed by atoms with Crippen LogP contribution in [0, 0.1) is 5.82 Å². The van der Waals surface area contributed by atoms with Crippen LogP contribution in [-0.4, -0.2) is 42.4 Å². The molecule has 8 nitrogen and oxygen atoms in total. The Morgan fingerprint density at radius 1 is 1.08 bits per heavy atom. The topological polar surface area (TPSA) is 83.5 Å². The van der Waals surface area contributed by atoms with E-state index in [1.54, 1.807) is 35.2 Å². The van der Waals surface area contributed by atoms with Crippen molar-refractivity contribution in [1.82, 2.24) is 4.90 Å². The van der Waals surface area contributed by atoms with E-state index in [0.29, 0.717) is 44.9 Å². The number of rotatable bonds is 5. The minimum atomic E-state index is -0.676. The molecule has 2 unspecified atom stereocenters. The first kappa shape index (κ1) is 24.2. The summed E-state index contributed by atoms with van der Waals surface area (Å²) >= 11 is 6.15. The first-order valence-corrected chi connectivity index (χ1v) is 12.6. The number of anilines is 2. The van der Waals surface area contributed by atoms with Crippen LogP contribution in [0.3, 0.4) is 0 Å². The van der Waals surface area contributed by atoms with Crippen LogP contribution in [0.1, 0.15) is 42.6 Å². The summed E-state index contributed by atoms with van der Waals surface area (Å²) in [7, 11) is 1.49. The molecule has 0 bridgehead atoms. The van der Waals surface area contributed by atoms with Crippen LogP contribution in [0.4, 0.5) is 20.6 Å². The molecular weight excluding hydrogens is 511 g/mol. The van der Waals surface area contributed by atoms with Gasteiger partial charge < -0.3 is 14.8 Å². The highest BCUT2D eigenvalue weighted by Crippen LogP contribution is 2.54. The lowest BCUT2D eigenvalue weighted by Crippen LogP contribution is -2.55. The number of hydrogen-bond acceptors (Lipinski definition) is 5. The highest BCUT2D eigenvalue weighted by atomic mass is 35.5. The van der Waals surface area contributed by atoms with Gasteiger partial charge in [-0.05, 0) is 49.2 Å². The lowest BCUT2D eigenvalue weighted by Gasteiger charge is -2.42. The van der Waals surface area contributed by atoms with Gasteiger partial charge in [-0.1, -0.05) is 35.9 Å². The zero-order chi connectivity index (χ0) is 26.7. The van der Waals surface area contributed by atoms with E-state index in [4.69, 9.17) is 26.1 Å². The fraction of sp³-hybridized carbons (Fsp3) is 0.250. The Balaban J connectivity index is 1.63. The number of nitrogens with zero attached hydrogens (tertiary/aromatic N) is 3. The quantitative estimate of drug-likeness (QED) is 0.454. The molecular formula is C28H24ClFN4O4. The Hall–Kier alpha value is -4.11. The molecule has 0 spiro atoms. The maximum Gasteiger partial charge on any atom is 0.331 e. The predicted molar refractivity (Wildman–Crippen MR) is 142 cm³/mol. The Morgan fingerprint density at radius 3 is 2.53 bits per heavy atom. The number of benzene rings is 3. The SMILES string of the molecule is COc1cc(OC(C)C)c2c3c1NC(=O)CN3C(=O)N1C2=NC(c2ccc(Cl)cc2)C1c1cccc(F)c1. The van der Waals surface area contributed by atoms with E-state index in [9.17, 15) is 14.0 Å². The minimum Gasteiger partial charge on any atom is -0.494 e. The van der Waals surface area contributed by atoms with Gasteiger partial charge >= 0.3 is 6.03 Å². The highest BCUT2D eigenvalue weighted by Gasteiger charge is 2.51. The fourth-order valence-corrected chi connectivity index (χ4v) is 5.43. The van der Waals surface area contributed by atoms with Crippen LogP contribution in [0.15, 0.2) is 59.6 Å². The van der Waals surface area contributed by atoms with Crippen molar-refractivity contribution < 1.29 is 23.5 Å². The number of ether oxygens (including phenoxy) is 2. The molecule has 3 aliphatic heterocycles. The molecule has 10 heteroatoms. The maximum absolute atomic E-state index is 14.5. The molecule has 0 aromatic heterocycles. The highest BCUT2D eigenvalue weighted by molar-refractivity contribution is 6.30. The molecule has 6 rings (SSSR count). The van der Waals surface area contributed by atoms with Gasteiger partial charge in [-0.3, -0.25) is 19.6 Å². The van der Waals surface area contributed by atoms with Gasteiger partial charge in [0.15, 0.2) is 0 Å². The third-order valence-electron chi connectivity index (χ3n) is 6.78. The second-order valence-electron chi connectivity index (χ2n) is 9.58. The van der Waals surface area contributed by atoms with Crippen LogP contribution in [-0.2, 0) is 4.79 Å². The normalized spacial score (nSPS) is 19.7. The molecule has 3 amide bonds. The maximum atomic E-state index is 14.5. The summed E-state index contributed by atoms with van der Waals surface area (Å²) in [4.78, 5) is 34.9. The van der Waals surface area contributed by atoms with Crippen molar-refractivity contribution in [1.29, 1.82) is 0 Å². The Morgan fingerprint density at radius 2 is 1.84 bits per heavy atom. The van der Waals surface area contributed by atoms with Gasteiger partial charge in [0.2, 0.25) is 5.91 Å². The first-order valence-electron chi connectivity index (χ1n) is 12.2. The van der Waals surface area contributed by atoms with Crippen molar-refractivity contribution in [2.75, 3.05) is 23.9 Å². The van der Waals surface area contributed by atoms with Crippen LogP contribution < -0.4 is 19.7 Å². The van der Waals surface area contributed by atoms with Crippen LogP contribution >= 0.6 is 11.6 Å². The Kier molecular flexibility index (Phi) is 5.75. The molecule has 194 valence electrons. The van der Waals surface area contributed by atoms with Crippen molar-refractivity contribution >= 4 is 40.7 Å². The van der Waals surface area contributed by atoms with Crippen LogP contribution in [0.2, 0.25) is 5.02 Å². The molecule has 0 radical (unpaired) electrons. The number of halogens is 2. The van der Waals surface area contributed by atoms with Gasteiger partial charge in [-0.2, -0.15) is 0 Å². The van der Waals surface area contributed by atoms with E-state index in [-0.39, 0.29) is 18.6 Å². The number of carbonyl (C=O) groups is 2. The monoisotopic (exact) mass is 534 g/mol. The van der Waals surface area contributed by atoms with E-state index < -0.39 is 23.9 Å². The van der Waals surface area contributed by atoms with E-state index in [1.165, 1.54) is 24.1 Å². The lowest BCUT2D eigenvalue weighted by molar-refractivity contribution is -0.115. The fourth-order valence-electron chi connectivity index (χ4n) is 5.30. The molecule has 0 fully saturated rings. The van der Waals surface area contributed by atoms with Gasteiger partial charge in [0.25, 0.3) is 0 Å². The number of methoxy groups -OCH3 is 1. The standard InChI is InChI=1S/C28H24ClFN4O4/c1-14(2)38-19-12-20(37-3)24-26-22(19)27-32-23(15-7-9-17(29)10-8-15)25(16-5-4-6-18(30)11-16)34(27)28(36)33(26)13-21(35)31-24/h4-12,14,23,25H,13H2,1-3H3,(H,31,35). The van der Waals surface area contributed by atoms with Gasteiger partial charge in [0.1, 0.15) is 41.4 Å². The van der Waals surface area contributed by atoms with Gasteiger partial charge in [0, 0.05) is 11.1 Å². The molecule has 2 atom stereocenters. The van der Waals surface area contributed by atoms with E-state index in [2.05, 4.69) is 5.32 Å². The molecule has 0 aliphatic carbocycles. The Labute approximate surface area is 223 Å². The number of amides is 3. The van der Waals surface area contributed by atoms with Crippen LogP contribution in [0.25, 0.3) is 0 Å². The number of fused-ring (bicyclic) bond motifs is 2. The summed E-state index contributed by atoms with van der Waals surface area (Å²) in [5.41, 5.74) is 2.78. The second kappa shape index (κ2) is 9.02. The summed E-state index contributed by atoms with van der Waals surface area (Å²) in [5.74, 6) is 0.426. The summed E-state index contributed by atoms with van der Waals surface area (Å²) in [5, 5.41) is 3.41. The second-order valence-corrected chi connectivity index (χ2v) is 10.0. The van der Waals surface area contributed by atoms with E-state index in [0.717, 1.165) is 5.56 Å². The molecule has 1 N–H and O–H groups in total. The van der Waals surface area contributed by atoms with Crippen molar-refractivity contribution in [3.8, 4) is 11.5 Å². The molecule has 3 heterocycles. The summed E-state index contributed by atoms with van der Waals surface area (Å²) in [6, 6.07) is 13.3. The smallest absolute Gasteiger partial charge is 0.331 e. The molecule has 0 saturated carbocycles. The zero-order valence-electron chi connectivity index (χ0n) is 20.9. The van der Waals surface area contributed by atoms with E-state index >= 15 is 0 Å². The molecule has 0 saturated heterocycles. The molecule has 3 aromatic carbocycles. The van der Waals surface area contributed by atoms with Gasteiger partial charge in [-0.25, -0.2) is 9.18 Å². The number of carbonyl (C=O) groups excluding carboxylic acids is 2. The zero-order valence-corrected chi connectivity index (χ0v) is 21.6. The van der Waals surface area contributed by atoms with Crippen molar-refractivity contribution in [3.63, 3.8) is 0 Å². The predicted octanol–water partition coefficient (Wildman–Crippen LogP) is 5.71. The first-order chi connectivity index (χ1) is 18.3. The van der Waals surface area contributed by atoms with Crippen molar-refractivity contribution in [3.05, 3.63) is 82.1 Å². The third-order valence-corrected chi connectivity index (χ3v) is 7.03. The van der Waals surface area contributed by atoms with Crippen molar-refractivity contribution in [2.24, 2.45) is 4.99 Å². The summed E-state index contributed by atoms with van der Waals surface area (Å²) < 4.78 is 26.2. The number of amidine groups is 1. The van der Waals surface area contributed by atoms with E-state index in [1.807, 2.05) is 26.0 Å². The number of urea groups is 1. The average Bonchev–Trinajstić information content (AvgIpc) is 3.28. The van der Waals surface area contributed by atoms with Crippen molar-refractivity contribution in [2.45, 2.75) is 32.0 Å². The summed E-state index contributed by atoms with van der Waals surface area (Å²) in [6.45, 7) is 3.59. The molecule has 38 heavy (non-hydrogen) atoms. The minimum absolute atomic E-state index is 0.195. The van der Waals surface area contributed by atoms with Gasteiger partial charge in [-0.15, -0.1) is 0 Å². The largest absolute Gasteiger partial charge is 0.494 e.